The second kappa shape index (κ2) is 4.01. The van der Waals surface area contributed by atoms with Crippen LogP contribution >= 0.6 is 0 Å². The predicted molar refractivity (Wildman–Crippen MR) is 59.4 cm³/mol. The fourth-order valence-corrected chi connectivity index (χ4v) is 1.36. The first-order valence-corrected chi connectivity index (χ1v) is 4.96. The van der Waals surface area contributed by atoms with Gasteiger partial charge in [-0.25, -0.2) is 0 Å². The zero-order valence-electron chi connectivity index (χ0n) is 9.37. The minimum atomic E-state index is -0.356. The van der Waals surface area contributed by atoms with Gasteiger partial charge >= 0.3 is 0 Å². The van der Waals surface area contributed by atoms with Crippen LogP contribution in [0, 0.1) is 0 Å². The first-order chi connectivity index (χ1) is 6.41. The Morgan fingerprint density at radius 2 is 1.79 bits per heavy atom. The zero-order chi connectivity index (χ0) is 10.8. The number of hydrogen-bond acceptors (Lipinski definition) is 2. The molecule has 0 aliphatic rings. The Bertz CT molecular complexity index is 299. The topological polar surface area (TPSA) is 35.2 Å². The number of rotatable bonds is 3. The number of para-hydroxylation sites is 1. The van der Waals surface area contributed by atoms with Gasteiger partial charge < -0.3 is 10.5 Å². The van der Waals surface area contributed by atoms with Crippen molar-refractivity contribution < 1.29 is 4.74 Å². The highest BCUT2D eigenvalue weighted by Crippen LogP contribution is 2.27. The summed E-state index contributed by atoms with van der Waals surface area (Å²) in [5.74, 6) is 0.884. The van der Waals surface area contributed by atoms with Gasteiger partial charge in [0.05, 0.1) is 6.10 Å². The zero-order valence-corrected chi connectivity index (χ0v) is 9.37. The maximum absolute atomic E-state index is 6.05. The largest absolute Gasteiger partial charge is 0.491 e. The van der Waals surface area contributed by atoms with Crippen LogP contribution in [0.2, 0.25) is 0 Å². The lowest BCUT2D eigenvalue weighted by atomic mass is 9.95. The average Bonchev–Trinajstić information content (AvgIpc) is 2.01. The molecule has 0 aliphatic heterocycles. The van der Waals surface area contributed by atoms with E-state index in [0.29, 0.717) is 0 Å². The summed E-state index contributed by atoms with van der Waals surface area (Å²) in [5.41, 5.74) is 6.75. The van der Waals surface area contributed by atoms with Crippen molar-refractivity contribution >= 4 is 0 Å². The molecule has 0 aromatic heterocycles. The third-order valence-electron chi connectivity index (χ3n) is 1.94. The Morgan fingerprint density at radius 3 is 2.29 bits per heavy atom. The van der Waals surface area contributed by atoms with Gasteiger partial charge in [-0.3, -0.25) is 0 Å². The van der Waals surface area contributed by atoms with Gasteiger partial charge in [0.25, 0.3) is 0 Å². The van der Waals surface area contributed by atoms with E-state index in [2.05, 4.69) is 0 Å². The van der Waals surface area contributed by atoms with Crippen molar-refractivity contribution in [3.63, 3.8) is 0 Å². The highest BCUT2D eigenvalue weighted by atomic mass is 16.5. The van der Waals surface area contributed by atoms with E-state index in [1.165, 1.54) is 0 Å². The van der Waals surface area contributed by atoms with Crippen LogP contribution in [0.5, 0.6) is 5.75 Å². The standard InChI is InChI=1S/C12H19NO/c1-9(2)14-11-8-6-5-7-10(11)12(3,4)13/h5-9H,13H2,1-4H3. The third kappa shape index (κ3) is 2.74. The van der Waals surface area contributed by atoms with Crippen LogP contribution in [0.15, 0.2) is 24.3 Å². The Hall–Kier alpha value is -1.02. The first kappa shape index (κ1) is 11.1. The molecule has 0 spiro atoms. The summed E-state index contributed by atoms with van der Waals surface area (Å²) in [6.07, 6.45) is 0.179. The van der Waals surface area contributed by atoms with Gasteiger partial charge in [0, 0.05) is 11.1 Å². The maximum atomic E-state index is 6.05. The van der Waals surface area contributed by atoms with E-state index in [9.17, 15) is 0 Å². The van der Waals surface area contributed by atoms with Crippen LogP contribution < -0.4 is 10.5 Å². The molecular weight excluding hydrogens is 174 g/mol. The summed E-state index contributed by atoms with van der Waals surface area (Å²) < 4.78 is 5.69. The fourth-order valence-electron chi connectivity index (χ4n) is 1.36. The molecule has 0 bridgehead atoms. The van der Waals surface area contributed by atoms with Gasteiger partial charge in [-0.1, -0.05) is 18.2 Å². The minimum Gasteiger partial charge on any atom is -0.491 e. The molecule has 0 unspecified atom stereocenters. The predicted octanol–water partition coefficient (Wildman–Crippen LogP) is 2.67. The molecule has 0 saturated heterocycles. The summed E-state index contributed by atoms with van der Waals surface area (Å²) >= 11 is 0. The normalized spacial score (nSPS) is 11.9. The van der Waals surface area contributed by atoms with E-state index in [4.69, 9.17) is 10.5 Å². The molecule has 0 amide bonds. The molecule has 2 N–H and O–H groups in total. The molecule has 2 nitrogen and oxygen atoms in total. The summed E-state index contributed by atoms with van der Waals surface area (Å²) in [6, 6.07) is 7.92. The van der Waals surface area contributed by atoms with E-state index in [0.717, 1.165) is 11.3 Å². The van der Waals surface area contributed by atoms with E-state index < -0.39 is 0 Å². The van der Waals surface area contributed by atoms with Gasteiger partial charge in [0.2, 0.25) is 0 Å². The molecule has 0 atom stereocenters. The Balaban J connectivity index is 3.04. The average molecular weight is 193 g/mol. The molecule has 2 heteroatoms. The molecule has 1 aromatic rings. The van der Waals surface area contributed by atoms with Crippen molar-refractivity contribution in [3.05, 3.63) is 29.8 Å². The number of ether oxygens (including phenoxy) is 1. The summed E-state index contributed by atoms with van der Waals surface area (Å²) in [4.78, 5) is 0. The van der Waals surface area contributed by atoms with Gasteiger partial charge in [-0.2, -0.15) is 0 Å². The van der Waals surface area contributed by atoms with E-state index in [1.54, 1.807) is 0 Å². The van der Waals surface area contributed by atoms with Gasteiger partial charge in [-0.15, -0.1) is 0 Å². The molecule has 0 radical (unpaired) electrons. The molecule has 1 rings (SSSR count). The highest BCUT2D eigenvalue weighted by molar-refractivity contribution is 5.38. The van der Waals surface area contributed by atoms with Crippen LogP contribution in [-0.4, -0.2) is 6.10 Å². The molecule has 0 heterocycles. The maximum Gasteiger partial charge on any atom is 0.124 e. The minimum absolute atomic E-state index is 0.179. The van der Waals surface area contributed by atoms with Crippen molar-refractivity contribution in [1.82, 2.24) is 0 Å². The molecular formula is C12H19NO. The van der Waals surface area contributed by atoms with Crippen LogP contribution in [0.1, 0.15) is 33.3 Å². The lowest BCUT2D eigenvalue weighted by molar-refractivity contribution is 0.236. The van der Waals surface area contributed by atoms with Crippen LogP contribution in [0.4, 0.5) is 0 Å². The lowest BCUT2D eigenvalue weighted by Crippen LogP contribution is -2.29. The summed E-state index contributed by atoms with van der Waals surface area (Å²) in [7, 11) is 0. The molecule has 78 valence electrons. The van der Waals surface area contributed by atoms with Crippen molar-refractivity contribution in [3.8, 4) is 5.75 Å². The molecule has 1 aromatic carbocycles. The Kier molecular flexibility index (Phi) is 3.17. The van der Waals surface area contributed by atoms with Gasteiger partial charge in [-0.05, 0) is 33.8 Å². The van der Waals surface area contributed by atoms with Crippen molar-refractivity contribution in [2.24, 2.45) is 5.73 Å². The third-order valence-corrected chi connectivity index (χ3v) is 1.94. The highest BCUT2D eigenvalue weighted by Gasteiger charge is 2.19. The monoisotopic (exact) mass is 193 g/mol. The fraction of sp³-hybridized carbons (Fsp3) is 0.500. The Morgan fingerprint density at radius 1 is 1.21 bits per heavy atom. The van der Waals surface area contributed by atoms with Gasteiger partial charge in [0.15, 0.2) is 0 Å². The summed E-state index contributed by atoms with van der Waals surface area (Å²) in [6.45, 7) is 7.99. The SMILES string of the molecule is CC(C)Oc1ccccc1C(C)(C)N. The Labute approximate surface area is 86.1 Å². The molecule has 14 heavy (non-hydrogen) atoms. The smallest absolute Gasteiger partial charge is 0.124 e. The molecule has 0 saturated carbocycles. The number of nitrogens with two attached hydrogens (primary N) is 1. The van der Waals surface area contributed by atoms with Gasteiger partial charge in [0.1, 0.15) is 5.75 Å². The first-order valence-electron chi connectivity index (χ1n) is 4.96. The van der Waals surface area contributed by atoms with Crippen LogP contribution in [0.3, 0.4) is 0 Å². The van der Waals surface area contributed by atoms with E-state index in [1.807, 2.05) is 52.0 Å². The van der Waals surface area contributed by atoms with Crippen LogP contribution in [-0.2, 0) is 5.54 Å². The molecule has 0 fully saturated rings. The van der Waals surface area contributed by atoms with Crippen molar-refractivity contribution in [2.45, 2.75) is 39.3 Å². The van der Waals surface area contributed by atoms with Crippen molar-refractivity contribution in [1.29, 1.82) is 0 Å². The second-order valence-corrected chi connectivity index (χ2v) is 4.38. The van der Waals surface area contributed by atoms with E-state index >= 15 is 0 Å². The van der Waals surface area contributed by atoms with Crippen molar-refractivity contribution in [2.75, 3.05) is 0 Å². The second-order valence-electron chi connectivity index (χ2n) is 4.38. The van der Waals surface area contributed by atoms with Crippen LogP contribution in [0.25, 0.3) is 0 Å². The quantitative estimate of drug-likeness (QED) is 0.801. The number of benzene rings is 1. The number of hydrogen-bond donors (Lipinski definition) is 1. The molecule has 0 aliphatic carbocycles. The van der Waals surface area contributed by atoms with E-state index in [-0.39, 0.29) is 11.6 Å². The summed E-state index contributed by atoms with van der Waals surface area (Å²) in [5, 5.41) is 0. The lowest BCUT2D eigenvalue weighted by Gasteiger charge is -2.23.